The summed E-state index contributed by atoms with van der Waals surface area (Å²) in [5, 5.41) is 4.18. The molecule has 0 bridgehead atoms. The van der Waals surface area contributed by atoms with E-state index in [0.29, 0.717) is 26.2 Å². The average Bonchev–Trinajstić information content (AvgIpc) is 2.84. The van der Waals surface area contributed by atoms with Crippen LogP contribution in [-0.4, -0.2) is 64.1 Å². The number of rotatable bonds is 3. The molecule has 1 aromatic rings. The molecule has 6 nitrogen and oxygen atoms in total. The first-order chi connectivity index (χ1) is 10.3. The summed E-state index contributed by atoms with van der Waals surface area (Å²) >= 11 is 0. The minimum atomic E-state index is -0.517. The summed E-state index contributed by atoms with van der Waals surface area (Å²) in [5.74, 6) is 0. The number of carbonyl (C=O) groups is 1. The fraction of sp³-hybridized carbons (Fsp3) is 0.733. The van der Waals surface area contributed by atoms with E-state index in [1.54, 1.807) is 15.8 Å². The lowest BCUT2D eigenvalue weighted by atomic mass is 10.1. The highest BCUT2D eigenvalue weighted by atomic mass is 19.1. The van der Waals surface area contributed by atoms with Gasteiger partial charge in [-0.05, 0) is 20.8 Å². The third-order valence-electron chi connectivity index (χ3n) is 3.62. The lowest BCUT2D eigenvalue weighted by molar-refractivity contribution is 0.00272. The molecule has 0 aromatic carbocycles. The van der Waals surface area contributed by atoms with Crippen LogP contribution >= 0.6 is 0 Å². The number of aromatic nitrogens is 2. The van der Waals surface area contributed by atoms with Gasteiger partial charge in [-0.3, -0.25) is 9.58 Å². The molecular formula is C15H25FN4O2. The van der Waals surface area contributed by atoms with E-state index >= 15 is 0 Å². The number of amides is 1. The molecule has 0 spiro atoms. The molecular weight excluding hydrogens is 287 g/mol. The van der Waals surface area contributed by atoms with Gasteiger partial charge in [-0.25, -0.2) is 9.18 Å². The van der Waals surface area contributed by atoms with E-state index in [-0.39, 0.29) is 12.1 Å². The fourth-order valence-electron chi connectivity index (χ4n) is 2.62. The van der Waals surface area contributed by atoms with E-state index in [1.165, 1.54) is 0 Å². The molecule has 1 aliphatic heterocycles. The summed E-state index contributed by atoms with van der Waals surface area (Å²) in [6.07, 6.45) is 3.37. The standard InChI is InChI=1S/C15H25FN4O2/c1-15(2,3)22-14(21)20-8-7-19(6-5-16)13(11-20)12-9-17-18(4)10-12/h9-10,13H,5-8,11H2,1-4H3. The number of hydrogen-bond donors (Lipinski definition) is 0. The van der Waals surface area contributed by atoms with Crippen LogP contribution in [0.2, 0.25) is 0 Å². The van der Waals surface area contributed by atoms with Gasteiger partial charge in [-0.2, -0.15) is 5.10 Å². The Kier molecular flexibility index (Phi) is 5.05. The molecule has 0 aliphatic carbocycles. The highest BCUT2D eigenvalue weighted by Crippen LogP contribution is 2.26. The number of alkyl halides is 1. The molecule has 0 saturated carbocycles. The first-order valence-corrected chi connectivity index (χ1v) is 7.56. The van der Waals surface area contributed by atoms with Crippen molar-refractivity contribution in [3.05, 3.63) is 18.0 Å². The Balaban J connectivity index is 2.11. The zero-order valence-corrected chi connectivity index (χ0v) is 13.8. The first kappa shape index (κ1) is 16.7. The Bertz CT molecular complexity index is 512. The Hall–Kier alpha value is -1.63. The maximum absolute atomic E-state index is 12.8. The van der Waals surface area contributed by atoms with Crippen LogP contribution in [0.15, 0.2) is 12.4 Å². The Morgan fingerprint density at radius 3 is 2.73 bits per heavy atom. The fourth-order valence-corrected chi connectivity index (χ4v) is 2.62. The van der Waals surface area contributed by atoms with Gasteiger partial charge in [0.1, 0.15) is 12.3 Å². The molecule has 1 aliphatic rings. The maximum atomic E-state index is 12.8. The molecule has 22 heavy (non-hydrogen) atoms. The van der Waals surface area contributed by atoms with Crippen LogP contribution in [0.25, 0.3) is 0 Å². The molecule has 7 heteroatoms. The van der Waals surface area contributed by atoms with Gasteiger partial charge in [0, 0.05) is 45.0 Å². The van der Waals surface area contributed by atoms with Gasteiger partial charge < -0.3 is 9.64 Å². The van der Waals surface area contributed by atoms with Gasteiger partial charge in [0.05, 0.1) is 12.2 Å². The van der Waals surface area contributed by atoms with Crippen molar-refractivity contribution in [2.45, 2.75) is 32.4 Å². The number of nitrogens with zero attached hydrogens (tertiary/aromatic N) is 4. The number of piperazine rings is 1. The second-order valence-electron chi connectivity index (χ2n) is 6.61. The molecule has 1 fully saturated rings. The molecule has 1 saturated heterocycles. The van der Waals surface area contributed by atoms with Gasteiger partial charge in [0.25, 0.3) is 0 Å². The predicted molar refractivity (Wildman–Crippen MR) is 81.3 cm³/mol. The number of halogens is 1. The minimum absolute atomic E-state index is 0.0503. The van der Waals surface area contributed by atoms with Gasteiger partial charge >= 0.3 is 6.09 Å². The molecule has 2 heterocycles. The average molecular weight is 312 g/mol. The van der Waals surface area contributed by atoms with Crippen molar-refractivity contribution < 1.29 is 13.9 Å². The number of ether oxygens (including phenoxy) is 1. The molecule has 1 amide bonds. The monoisotopic (exact) mass is 312 g/mol. The van der Waals surface area contributed by atoms with E-state index in [1.807, 2.05) is 34.0 Å². The summed E-state index contributed by atoms with van der Waals surface area (Å²) in [6, 6.07) is -0.0503. The quantitative estimate of drug-likeness (QED) is 0.856. The second-order valence-corrected chi connectivity index (χ2v) is 6.61. The first-order valence-electron chi connectivity index (χ1n) is 7.56. The second kappa shape index (κ2) is 6.64. The van der Waals surface area contributed by atoms with E-state index in [2.05, 4.69) is 10.00 Å². The molecule has 1 aromatic heterocycles. The maximum Gasteiger partial charge on any atom is 0.410 e. The van der Waals surface area contributed by atoms with Crippen LogP contribution in [0.1, 0.15) is 32.4 Å². The lowest BCUT2D eigenvalue weighted by Gasteiger charge is -2.41. The highest BCUT2D eigenvalue weighted by molar-refractivity contribution is 5.68. The summed E-state index contributed by atoms with van der Waals surface area (Å²) in [7, 11) is 1.84. The van der Waals surface area contributed by atoms with E-state index in [4.69, 9.17) is 4.74 Å². The van der Waals surface area contributed by atoms with Crippen LogP contribution in [0.3, 0.4) is 0 Å². The minimum Gasteiger partial charge on any atom is -0.444 e. The number of carbonyl (C=O) groups excluding carboxylic acids is 1. The lowest BCUT2D eigenvalue weighted by Crippen LogP contribution is -2.51. The molecule has 1 atom stereocenters. The van der Waals surface area contributed by atoms with E-state index in [9.17, 15) is 9.18 Å². The summed E-state index contributed by atoms with van der Waals surface area (Å²) in [5.41, 5.74) is 0.473. The molecule has 124 valence electrons. The number of hydrogen-bond acceptors (Lipinski definition) is 4. The zero-order valence-electron chi connectivity index (χ0n) is 13.8. The Morgan fingerprint density at radius 2 is 2.18 bits per heavy atom. The van der Waals surface area contributed by atoms with Gasteiger partial charge in [-0.15, -0.1) is 0 Å². The largest absolute Gasteiger partial charge is 0.444 e. The van der Waals surface area contributed by atoms with Crippen LogP contribution in [-0.2, 0) is 11.8 Å². The van der Waals surface area contributed by atoms with Gasteiger partial charge in [-0.1, -0.05) is 0 Å². The van der Waals surface area contributed by atoms with Crippen molar-refractivity contribution in [2.75, 3.05) is 32.9 Å². The summed E-state index contributed by atoms with van der Waals surface area (Å²) in [6.45, 7) is 7.18. The molecule has 1 unspecified atom stereocenters. The third-order valence-corrected chi connectivity index (χ3v) is 3.62. The normalized spacial score (nSPS) is 20.2. The molecule has 0 radical (unpaired) electrons. The van der Waals surface area contributed by atoms with Gasteiger partial charge in [0.15, 0.2) is 0 Å². The van der Waals surface area contributed by atoms with E-state index in [0.717, 1.165) is 5.56 Å². The van der Waals surface area contributed by atoms with Crippen molar-refractivity contribution in [1.29, 1.82) is 0 Å². The number of aryl methyl sites for hydroxylation is 1. The predicted octanol–water partition coefficient (Wildman–Crippen LogP) is 1.98. The van der Waals surface area contributed by atoms with E-state index < -0.39 is 12.3 Å². The van der Waals surface area contributed by atoms with Crippen molar-refractivity contribution >= 4 is 6.09 Å². The highest BCUT2D eigenvalue weighted by Gasteiger charge is 2.33. The smallest absolute Gasteiger partial charge is 0.410 e. The SMILES string of the molecule is Cn1cc(C2CN(C(=O)OC(C)(C)C)CCN2CCF)cn1. The topological polar surface area (TPSA) is 50.6 Å². The van der Waals surface area contributed by atoms with Crippen molar-refractivity contribution in [3.8, 4) is 0 Å². The van der Waals surface area contributed by atoms with Crippen molar-refractivity contribution in [1.82, 2.24) is 19.6 Å². The van der Waals surface area contributed by atoms with Crippen LogP contribution in [0.4, 0.5) is 9.18 Å². The summed E-state index contributed by atoms with van der Waals surface area (Å²) < 4.78 is 19.9. The molecule has 2 rings (SSSR count). The van der Waals surface area contributed by atoms with Crippen LogP contribution in [0.5, 0.6) is 0 Å². The van der Waals surface area contributed by atoms with Crippen molar-refractivity contribution in [2.24, 2.45) is 7.05 Å². The van der Waals surface area contributed by atoms with Crippen LogP contribution < -0.4 is 0 Å². The Labute approximate surface area is 130 Å². The molecule has 0 N–H and O–H groups in total. The van der Waals surface area contributed by atoms with Crippen LogP contribution in [0, 0.1) is 0 Å². The van der Waals surface area contributed by atoms with Crippen molar-refractivity contribution in [3.63, 3.8) is 0 Å². The zero-order chi connectivity index (χ0) is 16.3. The summed E-state index contributed by atoms with van der Waals surface area (Å²) in [4.78, 5) is 16.0. The van der Waals surface area contributed by atoms with Gasteiger partial charge in [0.2, 0.25) is 0 Å². The Morgan fingerprint density at radius 1 is 1.45 bits per heavy atom. The third kappa shape index (κ3) is 4.19.